The van der Waals surface area contributed by atoms with Gasteiger partial charge < -0.3 is 11.1 Å². The maximum absolute atomic E-state index is 12.8. The predicted octanol–water partition coefficient (Wildman–Crippen LogP) is 2.01. The van der Waals surface area contributed by atoms with E-state index >= 15 is 0 Å². The molecule has 0 aliphatic heterocycles. The van der Waals surface area contributed by atoms with E-state index in [2.05, 4.69) is 10.4 Å². The SMILES string of the molecule is Cc1nn(-c2ccccc2)c(C)c1C(=O)C(=O)NC(C(N)=O)c1ccccc1. The zero-order valence-electron chi connectivity index (χ0n) is 15.5. The second-order valence-electron chi connectivity index (χ2n) is 6.34. The summed E-state index contributed by atoms with van der Waals surface area (Å²) in [7, 11) is 0. The Morgan fingerprint density at radius 1 is 0.964 bits per heavy atom. The van der Waals surface area contributed by atoms with Crippen molar-refractivity contribution in [2.75, 3.05) is 0 Å². The van der Waals surface area contributed by atoms with Gasteiger partial charge in [0, 0.05) is 0 Å². The van der Waals surface area contributed by atoms with E-state index in [1.165, 1.54) is 0 Å². The molecule has 2 aromatic carbocycles. The van der Waals surface area contributed by atoms with Gasteiger partial charge in [0.05, 0.1) is 22.6 Å². The first-order valence-corrected chi connectivity index (χ1v) is 8.71. The van der Waals surface area contributed by atoms with Gasteiger partial charge in [0.15, 0.2) is 0 Å². The quantitative estimate of drug-likeness (QED) is 0.507. The molecule has 0 fully saturated rings. The van der Waals surface area contributed by atoms with Crippen molar-refractivity contribution >= 4 is 17.6 Å². The topological polar surface area (TPSA) is 107 Å². The second kappa shape index (κ2) is 7.87. The van der Waals surface area contributed by atoms with Gasteiger partial charge >= 0.3 is 0 Å². The Labute approximate surface area is 162 Å². The Morgan fingerprint density at radius 3 is 2.11 bits per heavy atom. The Hall–Kier alpha value is -3.74. The number of aromatic nitrogens is 2. The van der Waals surface area contributed by atoms with Crippen LogP contribution in [0.3, 0.4) is 0 Å². The number of nitrogens with two attached hydrogens (primary N) is 1. The number of amides is 2. The number of primary amides is 1. The molecule has 0 aliphatic rings. The van der Waals surface area contributed by atoms with Crippen molar-refractivity contribution in [3.8, 4) is 5.69 Å². The molecular weight excluding hydrogens is 356 g/mol. The van der Waals surface area contributed by atoms with Gasteiger partial charge in [0.2, 0.25) is 5.91 Å². The number of ketones is 1. The Kier molecular flexibility index (Phi) is 5.35. The summed E-state index contributed by atoms with van der Waals surface area (Å²) in [6.07, 6.45) is 0. The molecule has 0 saturated heterocycles. The lowest BCUT2D eigenvalue weighted by atomic mass is 10.0. The van der Waals surface area contributed by atoms with Gasteiger partial charge in [0.25, 0.3) is 11.7 Å². The van der Waals surface area contributed by atoms with Crippen LogP contribution in [0.1, 0.15) is 33.4 Å². The molecule has 0 spiro atoms. The number of nitrogens with one attached hydrogen (secondary N) is 1. The summed E-state index contributed by atoms with van der Waals surface area (Å²) in [6, 6.07) is 16.7. The lowest BCUT2D eigenvalue weighted by molar-refractivity contribution is -0.125. The number of hydrogen-bond donors (Lipinski definition) is 2. The fourth-order valence-corrected chi connectivity index (χ4v) is 3.07. The molecule has 0 saturated carbocycles. The third-order valence-corrected chi connectivity index (χ3v) is 4.42. The van der Waals surface area contributed by atoms with Crippen LogP contribution in [0.15, 0.2) is 60.7 Å². The van der Waals surface area contributed by atoms with Crippen LogP contribution in [0.2, 0.25) is 0 Å². The van der Waals surface area contributed by atoms with Gasteiger partial charge in [-0.25, -0.2) is 4.68 Å². The molecule has 0 radical (unpaired) electrons. The number of carbonyl (C=O) groups excluding carboxylic acids is 3. The molecule has 0 aliphatic carbocycles. The van der Waals surface area contributed by atoms with E-state index in [0.717, 1.165) is 5.69 Å². The Balaban J connectivity index is 1.89. The zero-order valence-corrected chi connectivity index (χ0v) is 15.5. The van der Waals surface area contributed by atoms with Gasteiger partial charge in [-0.1, -0.05) is 48.5 Å². The smallest absolute Gasteiger partial charge is 0.293 e. The summed E-state index contributed by atoms with van der Waals surface area (Å²) in [4.78, 5) is 37.2. The molecule has 3 N–H and O–H groups in total. The van der Waals surface area contributed by atoms with Gasteiger partial charge in [-0.05, 0) is 31.5 Å². The number of benzene rings is 2. The molecule has 7 heteroatoms. The molecular formula is C21H20N4O3. The normalized spacial score (nSPS) is 11.6. The van der Waals surface area contributed by atoms with Crippen LogP contribution in [0.5, 0.6) is 0 Å². The largest absolute Gasteiger partial charge is 0.368 e. The second-order valence-corrected chi connectivity index (χ2v) is 6.34. The van der Waals surface area contributed by atoms with Crippen molar-refractivity contribution in [2.24, 2.45) is 5.73 Å². The average Bonchev–Trinajstić information content (AvgIpc) is 3.00. The summed E-state index contributed by atoms with van der Waals surface area (Å²) < 4.78 is 1.61. The summed E-state index contributed by atoms with van der Waals surface area (Å²) in [5.74, 6) is -2.42. The first-order chi connectivity index (χ1) is 13.4. The number of para-hydroxylation sites is 1. The van der Waals surface area contributed by atoms with Gasteiger partial charge in [-0.15, -0.1) is 0 Å². The summed E-state index contributed by atoms with van der Waals surface area (Å²) in [5.41, 5.74) is 7.87. The van der Waals surface area contributed by atoms with E-state index in [9.17, 15) is 14.4 Å². The van der Waals surface area contributed by atoms with E-state index in [4.69, 9.17) is 5.73 Å². The molecule has 3 aromatic rings. The molecule has 28 heavy (non-hydrogen) atoms. The summed E-state index contributed by atoms with van der Waals surface area (Å²) >= 11 is 0. The zero-order chi connectivity index (χ0) is 20.3. The van der Waals surface area contributed by atoms with Crippen molar-refractivity contribution in [1.82, 2.24) is 15.1 Å². The van der Waals surface area contributed by atoms with Crippen LogP contribution in [0.25, 0.3) is 5.69 Å². The van der Waals surface area contributed by atoms with E-state index in [1.54, 1.807) is 48.9 Å². The fourth-order valence-electron chi connectivity index (χ4n) is 3.07. The van der Waals surface area contributed by atoms with Crippen LogP contribution in [0.4, 0.5) is 0 Å². The van der Waals surface area contributed by atoms with Gasteiger partial charge in [0.1, 0.15) is 6.04 Å². The molecule has 2 amide bonds. The third kappa shape index (κ3) is 3.68. The Bertz CT molecular complexity index is 1030. The molecule has 7 nitrogen and oxygen atoms in total. The number of carbonyl (C=O) groups is 3. The van der Waals surface area contributed by atoms with Crippen molar-refractivity contribution in [2.45, 2.75) is 19.9 Å². The van der Waals surface area contributed by atoms with Crippen LogP contribution in [0, 0.1) is 13.8 Å². The van der Waals surface area contributed by atoms with E-state index in [1.807, 2.05) is 30.3 Å². The van der Waals surface area contributed by atoms with Gasteiger partial charge in [-0.2, -0.15) is 5.10 Å². The first-order valence-electron chi connectivity index (χ1n) is 8.71. The highest BCUT2D eigenvalue weighted by Gasteiger charge is 2.28. The van der Waals surface area contributed by atoms with E-state index < -0.39 is 23.6 Å². The highest BCUT2D eigenvalue weighted by molar-refractivity contribution is 6.43. The average molecular weight is 376 g/mol. The summed E-state index contributed by atoms with van der Waals surface area (Å²) in [5, 5.41) is 6.81. The van der Waals surface area contributed by atoms with Crippen LogP contribution >= 0.6 is 0 Å². The first kappa shape index (κ1) is 19.0. The minimum Gasteiger partial charge on any atom is -0.368 e. The van der Waals surface area contributed by atoms with E-state index in [0.29, 0.717) is 17.0 Å². The molecule has 1 atom stereocenters. The van der Waals surface area contributed by atoms with Crippen molar-refractivity contribution in [1.29, 1.82) is 0 Å². The molecule has 3 rings (SSSR count). The molecule has 142 valence electrons. The maximum Gasteiger partial charge on any atom is 0.293 e. The van der Waals surface area contributed by atoms with Gasteiger partial charge in [-0.3, -0.25) is 14.4 Å². The van der Waals surface area contributed by atoms with Crippen LogP contribution < -0.4 is 11.1 Å². The lowest BCUT2D eigenvalue weighted by Crippen LogP contribution is -2.41. The maximum atomic E-state index is 12.8. The summed E-state index contributed by atoms with van der Waals surface area (Å²) in [6.45, 7) is 3.38. The molecule has 1 aromatic heterocycles. The van der Waals surface area contributed by atoms with Crippen LogP contribution in [-0.4, -0.2) is 27.4 Å². The number of aryl methyl sites for hydroxylation is 1. The van der Waals surface area contributed by atoms with Crippen molar-refractivity contribution in [3.63, 3.8) is 0 Å². The van der Waals surface area contributed by atoms with Crippen molar-refractivity contribution < 1.29 is 14.4 Å². The molecule has 1 heterocycles. The third-order valence-electron chi connectivity index (χ3n) is 4.42. The minimum atomic E-state index is -1.09. The van der Waals surface area contributed by atoms with Crippen LogP contribution in [-0.2, 0) is 9.59 Å². The van der Waals surface area contributed by atoms with Crippen molar-refractivity contribution in [3.05, 3.63) is 83.2 Å². The highest BCUT2D eigenvalue weighted by atomic mass is 16.2. The standard InChI is InChI=1S/C21H20N4O3/c1-13-17(14(2)25(24-13)16-11-7-4-8-12-16)19(26)21(28)23-18(20(22)27)15-9-5-3-6-10-15/h3-12,18H,1-2H3,(H2,22,27)(H,23,28). The molecule has 1 unspecified atom stereocenters. The number of rotatable bonds is 6. The fraction of sp³-hybridized carbons (Fsp3) is 0.143. The number of nitrogens with zero attached hydrogens (tertiary/aromatic N) is 2. The number of hydrogen-bond acceptors (Lipinski definition) is 4. The minimum absolute atomic E-state index is 0.206. The predicted molar refractivity (Wildman–Crippen MR) is 104 cm³/mol. The number of Topliss-reactive ketones (excluding diaryl/α,β-unsaturated/α-hetero) is 1. The highest BCUT2D eigenvalue weighted by Crippen LogP contribution is 2.19. The lowest BCUT2D eigenvalue weighted by Gasteiger charge is -2.15. The Morgan fingerprint density at radius 2 is 1.54 bits per heavy atom. The monoisotopic (exact) mass is 376 g/mol. The molecule has 0 bridgehead atoms. The van der Waals surface area contributed by atoms with E-state index in [-0.39, 0.29) is 5.56 Å².